The van der Waals surface area contributed by atoms with E-state index >= 15 is 0 Å². The second kappa shape index (κ2) is 5.71. The topological polar surface area (TPSA) is 39.7 Å². The Morgan fingerprint density at radius 2 is 2.18 bits per heavy atom. The molecule has 94 valence electrons. The van der Waals surface area contributed by atoms with Crippen LogP contribution in [0.15, 0.2) is 10.5 Å². The molecule has 1 aliphatic rings. The Labute approximate surface area is 109 Å². The highest BCUT2D eigenvalue weighted by molar-refractivity contribution is 9.10. The Morgan fingerprint density at radius 1 is 1.41 bits per heavy atom. The van der Waals surface area contributed by atoms with Crippen molar-refractivity contribution in [2.45, 2.75) is 19.9 Å². The molecule has 0 saturated carbocycles. The van der Waals surface area contributed by atoms with Gasteiger partial charge < -0.3 is 14.3 Å². The summed E-state index contributed by atoms with van der Waals surface area (Å²) in [6.07, 6.45) is 0.914. The van der Waals surface area contributed by atoms with Gasteiger partial charge in [0.25, 0.3) is 0 Å². The smallest absolute Gasteiger partial charge is 0.164 e. The van der Waals surface area contributed by atoms with Crippen molar-refractivity contribution in [2.75, 3.05) is 20.3 Å². The van der Waals surface area contributed by atoms with E-state index in [1.54, 1.807) is 7.11 Å². The van der Waals surface area contributed by atoms with E-state index in [-0.39, 0.29) is 0 Å². The van der Waals surface area contributed by atoms with Crippen molar-refractivity contribution >= 4 is 15.9 Å². The summed E-state index contributed by atoms with van der Waals surface area (Å²) in [6, 6.07) is 1.96. The molecule has 1 aromatic rings. The Balaban J connectivity index is 2.37. The Hall–Kier alpha value is -0.780. The third kappa shape index (κ3) is 2.73. The van der Waals surface area contributed by atoms with Crippen LogP contribution in [-0.4, -0.2) is 20.3 Å². The molecule has 5 heteroatoms. The van der Waals surface area contributed by atoms with Crippen LogP contribution < -0.4 is 15.0 Å². The molecule has 0 atom stereocenters. The lowest BCUT2D eigenvalue weighted by Crippen LogP contribution is -2.13. The van der Waals surface area contributed by atoms with E-state index in [0.717, 1.165) is 33.5 Å². The number of hydroxylamine groups is 1. The van der Waals surface area contributed by atoms with Crippen LogP contribution in [0.25, 0.3) is 0 Å². The van der Waals surface area contributed by atoms with E-state index < -0.39 is 0 Å². The van der Waals surface area contributed by atoms with Gasteiger partial charge in [0.15, 0.2) is 11.5 Å². The summed E-state index contributed by atoms with van der Waals surface area (Å²) in [4.78, 5) is 4.88. The molecule has 1 N–H and O–H groups in total. The lowest BCUT2D eigenvalue weighted by molar-refractivity contribution is 0.0863. The second-order valence-electron chi connectivity index (χ2n) is 3.86. The van der Waals surface area contributed by atoms with Crippen LogP contribution in [0.2, 0.25) is 0 Å². The van der Waals surface area contributed by atoms with E-state index in [9.17, 15) is 0 Å². The molecular weight excluding hydrogens is 286 g/mol. The largest absolute Gasteiger partial charge is 0.490 e. The van der Waals surface area contributed by atoms with Crippen LogP contribution in [0.5, 0.6) is 11.5 Å². The van der Waals surface area contributed by atoms with E-state index in [2.05, 4.69) is 21.4 Å². The Morgan fingerprint density at radius 3 is 2.94 bits per heavy atom. The van der Waals surface area contributed by atoms with Crippen molar-refractivity contribution in [1.29, 1.82) is 0 Å². The van der Waals surface area contributed by atoms with Gasteiger partial charge in [-0.2, -0.15) is 5.48 Å². The molecule has 1 heterocycles. The van der Waals surface area contributed by atoms with Gasteiger partial charge in [-0.3, -0.25) is 0 Å². The summed E-state index contributed by atoms with van der Waals surface area (Å²) in [7, 11) is 1.60. The molecule has 1 aromatic carbocycles. The van der Waals surface area contributed by atoms with Crippen LogP contribution in [0.4, 0.5) is 0 Å². The number of fused-ring (bicyclic) bond motifs is 1. The summed E-state index contributed by atoms with van der Waals surface area (Å²) in [6.45, 7) is 4.06. The van der Waals surface area contributed by atoms with Crippen molar-refractivity contribution in [3.05, 3.63) is 21.7 Å². The van der Waals surface area contributed by atoms with Crippen LogP contribution in [0.1, 0.15) is 17.5 Å². The summed E-state index contributed by atoms with van der Waals surface area (Å²) >= 11 is 3.55. The van der Waals surface area contributed by atoms with Crippen molar-refractivity contribution in [3.63, 3.8) is 0 Å². The number of ether oxygens (including phenoxy) is 2. The zero-order chi connectivity index (χ0) is 12.3. The number of benzene rings is 1. The van der Waals surface area contributed by atoms with Gasteiger partial charge in [-0.1, -0.05) is 15.9 Å². The van der Waals surface area contributed by atoms with Crippen LogP contribution >= 0.6 is 15.9 Å². The number of nitrogens with one attached hydrogen (secondary N) is 1. The summed E-state index contributed by atoms with van der Waals surface area (Å²) in [5.74, 6) is 1.66. The molecule has 1 aliphatic heterocycles. The number of hydrogen-bond donors (Lipinski definition) is 1. The third-order valence-electron chi connectivity index (χ3n) is 2.75. The fourth-order valence-electron chi connectivity index (χ4n) is 1.83. The minimum atomic E-state index is 0.625. The SMILES string of the molecule is CONCc1c(Br)cc2c(c1C)OCCCO2. The molecule has 17 heavy (non-hydrogen) atoms. The highest BCUT2D eigenvalue weighted by Gasteiger charge is 2.18. The summed E-state index contributed by atoms with van der Waals surface area (Å²) in [5, 5.41) is 0. The van der Waals surface area contributed by atoms with Crippen molar-refractivity contribution in [1.82, 2.24) is 5.48 Å². The minimum absolute atomic E-state index is 0.625. The van der Waals surface area contributed by atoms with E-state index in [1.165, 1.54) is 0 Å². The highest BCUT2D eigenvalue weighted by atomic mass is 79.9. The maximum absolute atomic E-state index is 5.74. The first-order chi connectivity index (χ1) is 8.24. The fraction of sp³-hybridized carbons (Fsp3) is 0.500. The highest BCUT2D eigenvalue weighted by Crippen LogP contribution is 2.39. The number of hydrogen-bond acceptors (Lipinski definition) is 4. The maximum Gasteiger partial charge on any atom is 0.164 e. The lowest BCUT2D eigenvalue weighted by Gasteiger charge is -2.16. The number of rotatable bonds is 3. The molecule has 2 rings (SSSR count). The average molecular weight is 302 g/mol. The predicted octanol–water partition coefficient (Wildman–Crippen LogP) is 2.57. The zero-order valence-electron chi connectivity index (χ0n) is 10.0. The normalized spacial score (nSPS) is 14.5. The van der Waals surface area contributed by atoms with Gasteiger partial charge in [0, 0.05) is 23.0 Å². The first-order valence-corrected chi connectivity index (χ1v) is 6.36. The van der Waals surface area contributed by atoms with E-state index in [0.29, 0.717) is 19.8 Å². The van der Waals surface area contributed by atoms with Crippen LogP contribution in [0, 0.1) is 6.92 Å². The van der Waals surface area contributed by atoms with Gasteiger partial charge in [0.05, 0.1) is 20.3 Å². The average Bonchev–Trinajstić information content (AvgIpc) is 2.54. The predicted molar refractivity (Wildman–Crippen MR) is 68.3 cm³/mol. The summed E-state index contributed by atoms with van der Waals surface area (Å²) < 4.78 is 12.4. The van der Waals surface area contributed by atoms with E-state index in [4.69, 9.17) is 14.3 Å². The van der Waals surface area contributed by atoms with Crippen molar-refractivity contribution < 1.29 is 14.3 Å². The van der Waals surface area contributed by atoms with Crippen LogP contribution in [0.3, 0.4) is 0 Å². The molecule has 0 saturated heterocycles. The standard InChI is InChI=1S/C12H16BrNO3/c1-8-9(7-14-15-2)10(13)6-11-12(8)17-5-3-4-16-11/h6,14H,3-5,7H2,1-2H3. The maximum atomic E-state index is 5.74. The van der Waals surface area contributed by atoms with Gasteiger partial charge in [0.1, 0.15) is 0 Å². The molecule has 0 bridgehead atoms. The first-order valence-electron chi connectivity index (χ1n) is 5.57. The van der Waals surface area contributed by atoms with Gasteiger partial charge >= 0.3 is 0 Å². The molecule has 0 aliphatic carbocycles. The monoisotopic (exact) mass is 301 g/mol. The second-order valence-corrected chi connectivity index (χ2v) is 4.72. The molecular formula is C12H16BrNO3. The molecule has 4 nitrogen and oxygen atoms in total. The first kappa shape index (κ1) is 12.7. The van der Waals surface area contributed by atoms with Gasteiger partial charge in [0.2, 0.25) is 0 Å². The number of halogens is 1. The zero-order valence-corrected chi connectivity index (χ0v) is 11.6. The molecule has 0 radical (unpaired) electrons. The van der Waals surface area contributed by atoms with Crippen molar-refractivity contribution in [3.8, 4) is 11.5 Å². The van der Waals surface area contributed by atoms with Gasteiger partial charge in [-0.15, -0.1) is 0 Å². The van der Waals surface area contributed by atoms with Gasteiger partial charge in [-0.25, -0.2) is 0 Å². The Bertz CT molecular complexity index is 409. The van der Waals surface area contributed by atoms with E-state index in [1.807, 2.05) is 13.0 Å². The van der Waals surface area contributed by atoms with Crippen LogP contribution in [-0.2, 0) is 11.4 Å². The van der Waals surface area contributed by atoms with Crippen molar-refractivity contribution in [2.24, 2.45) is 0 Å². The molecule has 0 unspecified atom stereocenters. The van der Waals surface area contributed by atoms with Gasteiger partial charge in [-0.05, 0) is 18.6 Å². The lowest BCUT2D eigenvalue weighted by atomic mass is 10.1. The minimum Gasteiger partial charge on any atom is -0.490 e. The molecule has 0 fully saturated rings. The fourth-order valence-corrected chi connectivity index (χ4v) is 2.48. The quantitative estimate of drug-likeness (QED) is 0.871. The summed E-state index contributed by atoms with van der Waals surface area (Å²) in [5.41, 5.74) is 5.05. The Kier molecular flexibility index (Phi) is 4.25. The molecule has 0 aromatic heterocycles. The molecule has 0 spiro atoms. The molecule has 0 amide bonds. The third-order valence-corrected chi connectivity index (χ3v) is 3.46.